The number of ether oxygens (including phenoxy) is 1. The Hall–Kier alpha value is -2.75. The first-order valence-electron chi connectivity index (χ1n) is 7.57. The maximum absolute atomic E-state index is 11.6. The quantitative estimate of drug-likeness (QED) is 0.450. The predicted molar refractivity (Wildman–Crippen MR) is 99.4 cm³/mol. The first kappa shape index (κ1) is 17.6. The molecule has 2 aromatic carbocycles. The van der Waals surface area contributed by atoms with Gasteiger partial charge in [-0.15, -0.1) is 0 Å². The predicted octanol–water partition coefficient (Wildman–Crippen LogP) is 4.75. The molecule has 2 aromatic rings. The van der Waals surface area contributed by atoms with Gasteiger partial charge in [-0.2, -0.15) is 4.99 Å². The maximum Gasteiger partial charge on any atom is 0.407 e. The van der Waals surface area contributed by atoms with Gasteiger partial charge in [0.15, 0.2) is 0 Å². The summed E-state index contributed by atoms with van der Waals surface area (Å²) < 4.78 is 5.14. The van der Waals surface area contributed by atoms with Gasteiger partial charge in [0.2, 0.25) is 0 Å². The van der Waals surface area contributed by atoms with E-state index in [2.05, 4.69) is 27.7 Å². The first-order valence-corrected chi connectivity index (χ1v) is 7.98. The molecule has 24 heavy (non-hydrogen) atoms. The Morgan fingerprint density at radius 3 is 2.71 bits per heavy atom. The highest BCUT2D eigenvalue weighted by Crippen LogP contribution is 2.19. The summed E-state index contributed by atoms with van der Waals surface area (Å²) in [6.45, 7) is 0.772. The van der Waals surface area contributed by atoms with Gasteiger partial charge in [0, 0.05) is 12.1 Å². The molecular weight excluding hydrogens is 320 g/mol. The number of aliphatic imine (C=N–C) groups is 1. The first-order chi connectivity index (χ1) is 11.8. The second-order valence-electron chi connectivity index (χ2n) is 4.94. The Labute approximate surface area is 146 Å². The van der Waals surface area contributed by atoms with Crippen LogP contribution in [0.4, 0.5) is 10.5 Å². The molecule has 0 bridgehead atoms. The van der Waals surface area contributed by atoms with Gasteiger partial charge >= 0.3 is 6.09 Å². The van der Waals surface area contributed by atoms with Gasteiger partial charge in [0.05, 0.1) is 10.8 Å². The number of nitrogens with one attached hydrogen (secondary N) is 1. The minimum atomic E-state index is -0.419. The van der Waals surface area contributed by atoms with Crippen molar-refractivity contribution in [3.05, 3.63) is 71.8 Å². The van der Waals surface area contributed by atoms with Crippen LogP contribution in [0.1, 0.15) is 17.5 Å². The highest BCUT2D eigenvalue weighted by atomic mass is 32.1. The van der Waals surface area contributed by atoms with Gasteiger partial charge < -0.3 is 10.1 Å². The van der Waals surface area contributed by atoms with Crippen molar-refractivity contribution in [1.82, 2.24) is 5.32 Å². The number of isothiocyanates is 1. The third-order valence-corrected chi connectivity index (χ3v) is 3.28. The smallest absolute Gasteiger partial charge is 0.407 e. The Bertz CT molecular complexity index is 738. The molecule has 0 aromatic heterocycles. The summed E-state index contributed by atoms with van der Waals surface area (Å²) >= 11 is 4.63. The fourth-order valence-corrected chi connectivity index (χ4v) is 2.12. The molecule has 0 aliphatic heterocycles. The van der Waals surface area contributed by atoms with Gasteiger partial charge in [-0.05, 0) is 30.3 Å². The molecule has 0 aliphatic carbocycles. The lowest BCUT2D eigenvalue weighted by Crippen LogP contribution is -2.24. The van der Waals surface area contributed by atoms with E-state index in [1.807, 2.05) is 66.7 Å². The average molecular weight is 338 g/mol. The highest BCUT2D eigenvalue weighted by molar-refractivity contribution is 7.78. The zero-order chi connectivity index (χ0) is 17.0. The van der Waals surface area contributed by atoms with E-state index < -0.39 is 6.09 Å². The molecule has 0 saturated carbocycles. The number of rotatable bonds is 7. The van der Waals surface area contributed by atoms with Crippen molar-refractivity contribution in [3.8, 4) is 0 Å². The van der Waals surface area contributed by atoms with Crippen molar-refractivity contribution in [2.75, 3.05) is 6.54 Å². The van der Waals surface area contributed by atoms with Crippen LogP contribution in [-0.2, 0) is 11.3 Å². The number of nitrogens with zero attached hydrogens (tertiary/aromatic N) is 1. The van der Waals surface area contributed by atoms with Gasteiger partial charge in [-0.1, -0.05) is 60.7 Å². The summed E-state index contributed by atoms with van der Waals surface area (Å²) in [5, 5.41) is 5.08. The van der Waals surface area contributed by atoms with Crippen LogP contribution < -0.4 is 5.32 Å². The van der Waals surface area contributed by atoms with E-state index >= 15 is 0 Å². The molecule has 5 heteroatoms. The van der Waals surface area contributed by atoms with Crippen LogP contribution in [0.15, 0.2) is 65.7 Å². The van der Waals surface area contributed by atoms with Crippen molar-refractivity contribution in [3.63, 3.8) is 0 Å². The van der Waals surface area contributed by atoms with Crippen molar-refractivity contribution in [2.24, 2.45) is 4.99 Å². The van der Waals surface area contributed by atoms with Crippen molar-refractivity contribution in [2.45, 2.75) is 13.0 Å². The topological polar surface area (TPSA) is 50.7 Å². The molecule has 0 saturated heterocycles. The summed E-state index contributed by atoms with van der Waals surface area (Å²) in [6.07, 6.45) is 4.19. The van der Waals surface area contributed by atoms with Crippen LogP contribution >= 0.6 is 12.2 Å². The molecule has 0 radical (unpaired) electrons. The number of benzene rings is 2. The zero-order valence-electron chi connectivity index (χ0n) is 13.1. The van der Waals surface area contributed by atoms with Crippen LogP contribution in [-0.4, -0.2) is 17.8 Å². The molecule has 0 spiro atoms. The third-order valence-electron chi connectivity index (χ3n) is 3.19. The van der Waals surface area contributed by atoms with Gasteiger partial charge in [-0.3, -0.25) is 0 Å². The maximum atomic E-state index is 11.6. The number of para-hydroxylation sites is 1. The molecular formula is C19H18N2O2S. The third kappa shape index (κ3) is 6.16. The lowest BCUT2D eigenvalue weighted by molar-refractivity contribution is 0.140. The van der Waals surface area contributed by atoms with E-state index in [1.54, 1.807) is 0 Å². The number of carbonyl (C=O) groups is 1. The van der Waals surface area contributed by atoms with Gasteiger partial charge in [0.1, 0.15) is 6.61 Å². The lowest BCUT2D eigenvalue weighted by atomic mass is 10.1. The molecule has 1 N–H and O–H groups in total. The fourth-order valence-electron chi connectivity index (χ4n) is 2.02. The van der Waals surface area contributed by atoms with Crippen LogP contribution in [0.25, 0.3) is 6.08 Å². The lowest BCUT2D eigenvalue weighted by Gasteiger charge is -2.06. The van der Waals surface area contributed by atoms with Gasteiger partial charge in [0.25, 0.3) is 0 Å². The number of carbonyl (C=O) groups excluding carboxylic acids is 1. The van der Waals surface area contributed by atoms with E-state index in [1.165, 1.54) is 0 Å². The summed E-state index contributed by atoms with van der Waals surface area (Å²) in [4.78, 5) is 15.6. The van der Waals surface area contributed by atoms with Crippen molar-refractivity contribution >= 4 is 35.2 Å². The summed E-state index contributed by atoms with van der Waals surface area (Å²) in [5.74, 6) is 0. The number of alkyl carbamates (subject to hydrolysis) is 1. The fraction of sp³-hybridized carbons (Fsp3) is 0.158. The van der Waals surface area contributed by atoms with Crippen LogP contribution in [0.2, 0.25) is 0 Å². The minimum absolute atomic E-state index is 0.269. The zero-order valence-corrected chi connectivity index (χ0v) is 14.0. The number of thiocarbonyl (C=S) groups is 1. The molecule has 0 aliphatic rings. The van der Waals surface area contributed by atoms with E-state index in [4.69, 9.17) is 4.74 Å². The second kappa shape index (κ2) is 10.1. The van der Waals surface area contributed by atoms with Crippen LogP contribution in [0.3, 0.4) is 0 Å². The van der Waals surface area contributed by atoms with Gasteiger partial charge in [-0.25, -0.2) is 4.79 Å². The molecule has 0 unspecified atom stereocenters. The SMILES string of the molecule is O=C(NCCC=Cc1ccccc1N=C=S)OCc1ccccc1. The van der Waals surface area contributed by atoms with Crippen LogP contribution in [0, 0.1) is 0 Å². The number of hydrogen-bond donors (Lipinski definition) is 1. The number of amides is 1. The van der Waals surface area contributed by atoms with E-state index in [-0.39, 0.29) is 6.61 Å². The summed E-state index contributed by atoms with van der Waals surface area (Å²) in [5.41, 5.74) is 2.70. The highest BCUT2D eigenvalue weighted by Gasteiger charge is 2.01. The Morgan fingerprint density at radius 2 is 1.92 bits per heavy atom. The normalized spacial score (nSPS) is 10.2. The van der Waals surface area contributed by atoms with Crippen molar-refractivity contribution in [1.29, 1.82) is 0 Å². The average Bonchev–Trinajstić information content (AvgIpc) is 2.62. The molecule has 0 atom stereocenters. The molecule has 0 heterocycles. The standard InChI is InChI=1S/C19H18N2O2S/c22-19(23-14-16-8-2-1-3-9-16)20-13-7-6-11-17-10-4-5-12-18(17)21-15-24/h1-6,8-12H,7,13-14H2,(H,20,22). The minimum Gasteiger partial charge on any atom is -0.445 e. The molecule has 4 nitrogen and oxygen atoms in total. The molecule has 1 amide bonds. The Balaban J connectivity index is 1.71. The molecule has 2 rings (SSSR count). The summed E-state index contributed by atoms with van der Waals surface area (Å²) in [6, 6.07) is 17.2. The summed E-state index contributed by atoms with van der Waals surface area (Å²) in [7, 11) is 0. The van der Waals surface area contributed by atoms with E-state index in [0.717, 1.165) is 16.8 Å². The monoisotopic (exact) mass is 338 g/mol. The Morgan fingerprint density at radius 1 is 1.17 bits per heavy atom. The van der Waals surface area contributed by atoms with Crippen molar-refractivity contribution < 1.29 is 9.53 Å². The van der Waals surface area contributed by atoms with Crippen LogP contribution in [0.5, 0.6) is 0 Å². The number of hydrogen-bond acceptors (Lipinski definition) is 4. The van der Waals surface area contributed by atoms with E-state index in [9.17, 15) is 4.79 Å². The molecule has 122 valence electrons. The van der Waals surface area contributed by atoms with E-state index in [0.29, 0.717) is 13.0 Å². The molecule has 0 fully saturated rings. The Kier molecular flexibility index (Phi) is 7.41. The largest absolute Gasteiger partial charge is 0.445 e. The second-order valence-corrected chi connectivity index (χ2v) is 5.12.